The van der Waals surface area contributed by atoms with Crippen molar-refractivity contribution in [2.24, 2.45) is 0 Å². The van der Waals surface area contributed by atoms with Gasteiger partial charge in [0.05, 0.1) is 11.8 Å². The predicted octanol–water partition coefficient (Wildman–Crippen LogP) is 1.62. The van der Waals surface area contributed by atoms with E-state index in [2.05, 4.69) is 17.2 Å². The standard InChI is InChI=1S/C10H18N2O2S2/c1-4-9(10-11-5-6-15-10)12-8(2)7-16(3,13)14/h5-6,8-9,12H,4,7H2,1-3H3. The quantitative estimate of drug-likeness (QED) is 0.846. The highest BCUT2D eigenvalue weighted by atomic mass is 32.2. The third kappa shape index (κ3) is 4.59. The molecule has 0 saturated heterocycles. The summed E-state index contributed by atoms with van der Waals surface area (Å²) in [7, 11) is -2.93. The van der Waals surface area contributed by atoms with Crippen LogP contribution in [0.15, 0.2) is 11.6 Å². The molecule has 0 aromatic carbocycles. The van der Waals surface area contributed by atoms with E-state index < -0.39 is 9.84 Å². The smallest absolute Gasteiger partial charge is 0.148 e. The monoisotopic (exact) mass is 262 g/mol. The summed E-state index contributed by atoms with van der Waals surface area (Å²) >= 11 is 1.59. The fourth-order valence-electron chi connectivity index (χ4n) is 1.62. The van der Waals surface area contributed by atoms with Gasteiger partial charge in [-0.25, -0.2) is 13.4 Å². The van der Waals surface area contributed by atoms with Gasteiger partial charge < -0.3 is 5.32 Å². The molecular weight excluding hydrogens is 244 g/mol. The summed E-state index contributed by atoms with van der Waals surface area (Å²) in [6, 6.07) is 0.0978. The van der Waals surface area contributed by atoms with E-state index in [1.54, 1.807) is 17.5 Å². The van der Waals surface area contributed by atoms with Crippen molar-refractivity contribution in [2.75, 3.05) is 12.0 Å². The molecule has 2 atom stereocenters. The molecule has 0 spiro atoms. The molecule has 1 aromatic rings. The Kier molecular flexibility index (Phi) is 4.89. The Bertz CT molecular complexity index is 400. The second kappa shape index (κ2) is 5.75. The minimum Gasteiger partial charge on any atom is -0.304 e. The molecule has 0 bridgehead atoms. The van der Waals surface area contributed by atoms with Crippen LogP contribution in [-0.2, 0) is 9.84 Å². The average Bonchev–Trinajstić information content (AvgIpc) is 2.63. The Hall–Kier alpha value is -0.460. The molecule has 6 heteroatoms. The van der Waals surface area contributed by atoms with E-state index in [9.17, 15) is 8.42 Å². The second-order valence-corrected chi connectivity index (χ2v) is 7.10. The molecule has 0 saturated carbocycles. The van der Waals surface area contributed by atoms with Crippen LogP contribution < -0.4 is 5.32 Å². The predicted molar refractivity (Wildman–Crippen MR) is 67.5 cm³/mol. The van der Waals surface area contributed by atoms with Crippen molar-refractivity contribution in [2.45, 2.75) is 32.4 Å². The fourth-order valence-corrected chi connectivity index (χ4v) is 3.40. The highest BCUT2D eigenvalue weighted by Crippen LogP contribution is 2.19. The van der Waals surface area contributed by atoms with E-state index in [1.807, 2.05) is 12.3 Å². The summed E-state index contributed by atoms with van der Waals surface area (Å²) in [5, 5.41) is 6.24. The van der Waals surface area contributed by atoms with Crippen LogP contribution in [0.5, 0.6) is 0 Å². The van der Waals surface area contributed by atoms with Gasteiger partial charge >= 0.3 is 0 Å². The van der Waals surface area contributed by atoms with Gasteiger partial charge in [-0.1, -0.05) is 6.92 Å². The lowest BCUT2D eigenvalue weighted by Gasteiger charge is -2.19. The van der Waals surface area contributed by atoms with Crippen LogP contribution in [0.3, 0.4) is 0 Å². The van der Waals surface area contributed by atoms with Gasteiger partial charge in [-0.2, -0.15) is 0 Å². The molecule has 4 nitrogen and oxygen atoms in total. The van der Waals surface area contributed by atoms with Crippen molar-refractivity contribution in [1.29, 1.82) is 0 Å². The first kappa shape index (κ1) is 13.6. The maximum absolute atomic E-state index is 11.1. The van der Waals surface area contributed by atoms with Gasteiger partial charge in [0.25, 0.3) is 0 Å². The van der Waals surface area contributed by atoms with Gasteiger partial charge in [-0.15, -0.1) is 11.3 Å². The van der Waals surface area contributed by atoms with E-state index in [0.29, 0.717) is 0 Å². The zero-order chi connectivity index (χ0) is 12.2. The van der Waals surface area contributed by atoms with E-state index in [-0.39, 0.29) is 17.8 Å². The Labute approximate surface area is 101 Å². The first-order chi connectivity index (χ1) is 7.42. The number of thiazole rings is 1. The lowest BCUT2D eigenvalue weighted by Crippen LogP contribution is -2.35. The Balaban J connectivity index is 2.58. The molecule has 1 aromatic heterocycles. The average molecular weight is 262 g/mol. The van der Waals surface area contributed by atoms with Crippen LogP contribution in [0, 0.1) is 0 Å². The molecule has 1 heterocycles. The summed E-state index contributed by atoms with van der Waals surface area (Å²) in [6.45, 7) is 3.95. The first-order valence-electron chi connectivity index (χ1n) is 5.25. The highest BCUT2D eigenvalue weighted by Gasteiger charge is 2.17. The zero-order valence-electron chi connectivity index (χ0n) is 9.80. The van der Waals surface area contributed by atoms with Crippen LogP contribution in [-0.4, -0.2) is 31.5 Å². The molecule has 1 N–H and O–H groups in total. The van der Waals surface area contributed by atoms with E-state index >= 15 is 0 Å². The third-order valence-corrected chi connectivity index (χ3v) is 4.19. The number of nitrogens with zero attached hydrogens (tertiary/aromatic N) is 1. The number of rotatable bonds is 6. The van der Waals surface area contributed by atoms with Gasteiger partial charge in [0.15, 0.2) is 0 Å². The van der Waals surface area contributed by atoms with Crippen LogP contribution in [0.1, 0.15) is 31.3 Å². The normalized spacial score (nSPS) is 15.9. The van der Waals surface area contributed by atoms with Gasteiger partial charge in [-0.3, -0.25) is 0 Å². The van der Waals surface area contributed by atoms with Crippen molar-refractivity contribution < 1.29 is 8.42 Å². The number of sulfone groups is 1. The molecule has 0 fully saturated rings. The molecule has 2 unspecified atom stereocenters. The lowest BCUT2D eigenvalue weighted by atomic mass is 10.2. The maximum Gasteiger partial charge on any atom is 0.148 e. The van der Waals surface area contributed by atoms with E-state index in [4.69, 9.17) is 0 Å². The van der Waals surface area contributed by atoms with Crippen LogP contribution in [0.2, 0.25) is 0 Å². The summed E-state index contributed by atoms with van der Waals surface area (Å²) in [6.07, 6.45) is 3.93. The van der Waals surface area contributed by atoms with Gasteiger partial charge in [0, 0.05) is 23.9 Å². The third-order valence-electron chi connectivity index (χ3n) is 2.20. The van der Waals surface area contributed by atoms with Crippen molar-refractivity contribution >= 4 is 21.2 Å². The highest BCUT2D eigenvalue weighted by molar-refractivity contribution is 7.90. The molecule has 0 aliphatic heterocycles. The maximum atomic E-state index is 11.1. The fraction of sp³-hybridized carbons (Fsp3) is 0.700. The van der Waals surface area contributed by atoms with E-state index in [1.165, 1.54) is 6.26 Å². The van der Waals surface area contributed by atoms with Gasteiger partial charge in [-0.05, 0) is 13.3 Å². The molecule has 0 amide bonds. The summed E-state index contributed by atoms with van der Waals surface area (Å²) in [4.78, 5) is 4.24. The lowest BCUT2D eigenvalue weighted by molar-refractivity contribution is 0.462. The number of hydrogen-bond acceptors (Lipinski definition) is 5. The molecule has 0 aliphatic carbocycles. The number of nitrogens with one attached hydrogen (secondary N) is 1. The minimum absolute atomic E-state index is 0.0520. The SMILES string of the molecule is CCC(NC(C)CS(C)(=O)=O)c1nccs1. The zero-order valence-corrected chi connectivity index (χ0v) is 11.4. The summed E-state index contributed by atoms with van der Waals surface area (Å²) < 4.78 is 22.3. The van der Waals surface area contributed by atoms with Crippen LogP contribution in [0.4, 0.5) is 0 Å². The van der Waals surface area contributed by atoms with Crippen molar-refractivity contribution in [1.82, 2.24) is 10.3 Å². The van der Waals surface area contributed by atoms with Crippen molar-refractivity contribution in [3.05, 3.63) is 16.6 Å². The molecule has 16 heavy (non-hydrogen) atoms. The number of hydrogen-bond donors (Lipinski definition) is 1. The molecule has 1 rings (SSSR count). The summed E-state index contributed by atoms with van der Waals surface area (Å²) in [5.74, 6) is 0.162. The van der Waals surface area contributed by atoms with Gasteiger partial charge in [0.1, 0.15) is 14.8 Å². The Morgan fingerprint density at radius 1 is 1.56 bits per heavy atom. The summed E-state index contributed by atoms with van der Waals surface area (Å²) in [5.41, 5.74) is 0. The van der Waals surface area contributed by atoms with Crippen LogP contribution >= 0.6 is 11.3 Å². The largest absolute Gasteiger partial charge is 0.304 e. The first-order valence-corrected chi connectivity index (χ1v) is 8.19. The van der Waals surface area contributed by atoms with Crippen LogP contribution in [0.25, 0.3) is 0 Å². The van der Waals surface area contributed by atoms with E-state index in [0.717, 1.165) is 11.4 Å². The number of aromatic nitrogens is 1. The van der Waals surface area contributed by atoms with Crippen molar-refractivity contribution in [3.63, 3.8) is 0 Å². The minimum atomic E-state index is -2.93. The van der Waals surface area contributed by atoms with Crippen molar-refractivity contribution in [3.8, 4) is 0 Å². The topological polar surface area (TPSA) is 59.1 Å². The molecule has 92 valence electrons. The Morgan fingerprint density at radius 2 is 2.25 bits per heavy atom. The Morgan fingerprint density at radius 3 is 2.69 bits per heavy atom. The molecule has 0 radical (unpaired) electrons. The molecular formula is C10H18N2O2S2. The molecule has 0 aliphatic rings. The second-order valence-electron chi connectivity index (χ2n) is 3.99. The van der Waals surface area contributed by atoms with Gasteiger partial charge in [0.2, 0.25) is 0 Å².